The molecule has 0 aliphatic heterocycles. The minimum Gasteiger partial charge on any atom is -0.422 e. The number of carbonyl (C=O) groups is 2. The Hall–Kier alpha value is -3.26. The maximum atomic E-state index is 12.4. The first-order chi connectivity index (χ1) is 14.3. The lowest BCUT2D eigenvalue weighted by atomic mass is 10.1. The van der Waals surface area contributed by atoms with Crippen molar-refractivity contribution in [3.63, 3.8) is 0 Å². The SMILES string of the molecule is Cc1cccc(C(=O)Oc2ccccc2/C=N/NC(=O)Cn2nc(C)c(Br)c2C)c1. The predicted molar refractivity (Wildman–Crippen MR) is 118 cm³/mol. The van der Waals surface area contributed by atoms with E-state index in [1.165, 1.54) is 6.21 Å². The Labute approximate surface area is 182 Å². The van der Waals surface area contributed by atoms with Crippen molar-refractivity contribution < 1.29 is 14.3 Å². The molecule has 7 nitrogen and oxygen atoms in total. The van der Waals surface area contributed by atoms with Gasteiger partial charge in [0.1, 0.15) is 12.3 Å². The number of hydrazone groups is 1. The maximum absolute atomic E-state index is 12.4. The quantitative estimate of drug-likeness (QED) is 0.257. The molecule has 1 aromatic heterocycles. The van der Waals surface area contributed by atoms with Crippen LogP contribution >= 0.6 is 15.9 Å². The van der Waals surface area contributed by atoms with Gasteiger partial charge in [-0.25, -0.2) is 10.2 Å². The minimum absolute atomic E-state index is 0.0413. The number of benzene rings is 2. The molecular formula is C22H21BrN4O3. The van der Waals surface area contributed by atoms with Crippen LogP contribution in [0.5, 0.6) is 5.75 Å². The fraction of sp³-hybridized carbons (Fsp3) is 0.182. The molecule has 0 aliphatic carbocycles. The summed E-state index contributed by atoms with van der Waals surface area (Å²) >= 11 is 3.44. The summed E-state index contributed by atoms with van der Waals surface area (Å²) in [6.07, 6.45) is 1.44. The van der Waals surface area contributed by atoms with Crippen molar-refractivity contribution in [2.24, 2.45) is 5.10 Å². The minimum atomic E-state index is -0.460. The molecule has 0 saturated heterocycles. The van der Waals surface area contributed by atoms with Crippen LogP contribution in [0.1, 0.15) is 32.9 Å². The third-order valence-electron chi connectivity index (χ3n) is 4.35. The van der Waals surface area contributed by atoms with Crippen LogP contribution in [0.4, 0.5) is 0 Å². The molecule has 1 N–H and O–H groups in total. The summed E-state index contributed by atoms with van der Waals surface area (Å²) in [7, 11) is 0. The lowest BCUT2D eigenvalue weighted by molar-refractivity contribution is -0.121. The van der Waals surface area contributed by atoms with Crippen LogP contribution in [0.2, 0.25) is 0 Å². The second-order valence-electron chi connectivity index (χ2n) is 6.73. The number of amides is 1. The average molecular weight is 469 g/mol. The highest BCUT2D eigenvalue weighted by atomic mass is 79.9. The summed E-state index contributed by atoms with van der Waals surface area (Å²) in [6.45, 7) is 5.68. The van der Waals surface area contributed by atoms with Crippen LogP contribution < -0.4 is 10.2 Å². The van der Waals surface area contributed by atoms with E-state index < -0.39 is 5.97 Å². The number of halogens is 1. The van der Waals surface area contributed by atoms with E-state index in [9.17, 15) is 9.59 Å². The molecule has 1 heterocycles. The molecule has 0 aliphatic rings. The van der Waals surface area contributed by atoms with E-state index in [2.05, 4.69) is 31.6 Å². The van der Waals surface area contributed by atoms with Crippen molar-refractivity contribution in [2.75, 3.05) is 0 Å². The largest absolute Gasteiger partial charge is 0.422 e. The third-order valence-corrected chi connectivity index (χ3v) is 5.50. The standard InChI is InChI=1S/C22H21BrN4O3/c1-14-7-6-9-17(11-14)22(29)30-19-10-5-4-8-18(19)12-24-25-20(28)13-27-16(3)21(23)15(2)26-27/h4-12H,13H2,1-3H3,(H,25,28)/b24-12+. The number of hydrogen-bond acceptors (Lipinski definition) is 5. The van der Waals surface area contributed by atoms with Crippen molar-refractivity contribution in [1.29, 1.82) is 0 Å². The van der Waals surface area contributed by atoms with E-state index in [-0.39, 0.29) is 12.5 Å². The van der Waals surface area contributed by atoms with Crippen molar-refractivity contribution >= 4 is 34.0 Å². The molecule has 3 aromatic rings. The van der Waals surface area contributed by atoms with Crippen LogP contribution in [0.25, 0.3) is 0 Å². The zero-order chi connectivity index (χ0) is 21.7. The van der Waals surface area contributed by atoms with E-state index in [1.54, 1.807) is 47.1 Å². The van der Waals surface area contributed by atoms with Crippen LogP contribution in [-0.2, 0) is 11.3 Å². The first-order valence-electron chi connectivity index (χ1n) is 9.24. The van der Waals surface area contributed by atoms with Gasteiger partial charge in [-0.15, -0.1) is 0 Å². The number of ether oxygens (including phenoxy) is 1. The highest BCUT2D eigenvalue weighted by Gasteiger charge is 2.12. The Kier molecular flexibility index (Phi) is 6.79. The van der Waals surface area contributed by atoms with Gasteiger partial charge in [-0.3, -0.25) is 9.48 Å². The Morgan fingerprint density at radius 3 is 2.63 bits per heavy atom. The van der Waals surface area contributed by atoms with Crippen molar-refractivity contribution in [3.05, 3.63) is 81.1 Å². The normalized spacial score (nSPS) is 10.9. The van der Waals surface area contributed by atoms with Gasteiger partial charge >= 0.3 is 5.97 Å². The number of para-hydroxylation sites is 1. The van der Waals surface area contributed by atoms with Gasteiger partial charge < -0.3 is 4.74 Å². The Balaban J connectivity index is 1.65. The smallest absolute Gasteiger partial charge is 0.343 e. The number of hydrogen-bond donors (Lipinski definition) is 1. The summed E-state index contributed by atoms with van der Waals surface area (Å²) < 4.78 is 7.99. The van der Waals surface area contributed by atoms with Crippen LogP contribution in [-0.4, -0.2) is 27.9 Å². The summed E-state index contributed by atoms with van der Waals surface area (Å²) in [5, 5.41) is 8.28. The second kappa shape index (κ2) is 9.49. The predicted octanol–water partition coefficient (Wildman–Crippen LogP) is 3.94. The van der Waals surface area contributed by atoms with E-state index in [1.807, 2.05) is 26.8 Å². The molecule has 0 bridgehead atoms. The summed E-state index contributed by atoms with van der Waals surface area (Å²) in [4.78, 5) is 24.6. The fourth-order valence-electron chi connectivity index (χ4n) is 2.79. The van der Waals surface area contributed by atoms with Gasteiger partial charge in [-0.1, -0.05) is 29.8 Å². The number of rotatable bonds is 6. The third kappa shape index (κ3) is 5.21. The lowest BCUT2D eigenvalue weighted by Crippen LogP contribution is -2.24. The zero-order valence-electron chi connectivity index (χ0n) is 16.8. The average Bonchev–Trinajstić information content (AvgIpc) is 2.95. The van der Waals surface area contributed by atoms with E-state index >= 15 is 0 Å². The Morgan fingerprint density at radius 1 is 1.17 bits per heavy atom. The Morgan fingerprint density at radius 2 is 1.93 bits per heavy atom. The van der Waals surface area contributed by atoms with Gasteiger partial charge in [0.15, 0.2) is 0 Å². The molecule has 1 amide bonds. The molecule has 30 heavy (non-hydrogen) atoms. The van der Waals surface area contributed by atoms with Crippen LogP contribution in [0, 0.1) is 20.8 Å². The van der Waals surface area contributed by atoms with Gasteiger partial charge in [-0.05, 0) is 61.0 Å². The molecule has 0 saturated carbocycles. The molecule has 3 rings (SSSR count). The van der Waals surface area contributed by atoms with E-state index in [0.29, 0.717) is 16.9 Å². The first kappa shape index (κ1) is 21.4. The highest BCUT2D eigenvalue weighted by molar-refractivity contribution is 9.10. The molecule has 154 valence electrons. The van der Waals surface area contributed by atoms with Crippen molar-refractivity contribution in [3.8, 4) is 5.75 Å². The Bertz CT molecular complexity index is 1120. The molecule has 0 fully saturated rings. The second-order valence-corrected chi connectivity index (χ2v) is 7.53. The number of carbonyl (C=O) groups excluding carboxylic acids is 2. The first-order valence-corrected chi connectivity index (χ1v) is 10.0. The van der Waals surface area contributed by atoms with E-state index in [0.717, 1.165) is 21.4 Å². The topological polar surface area (TPSA) is 85.6 Å². The number of esters is 1. The maximum Gasteiger partial charge on any atom is 0.343 e. The van der Waals surface area contributed by atoms with Gasteiger partial charge in [0.25, 0.3) is 5.91 Å². The van der Waals surface area contributed by atoms with Gasteiger partial charge in [0, 0.05) is 5.56 Å². The number of nitrogens with one attached hydrogen (secondary N) is 1. The highest BCUT2D eigenvalue weighted by Crippen LogP contribution is 2.20. The fourth-order valence-corrected chi connectivity index (χ4v) is 3.07. The summed E-state index contributed by atoms with van der Waals surface area (Å²) in [5.41, 5.74) is 6.14. The molecule has 0 unspecified atom stereocenters. The van der Waals surface area contributed by atoms with Crippen LogP contribution in [0.3, 0.4) is 0 Å². The lowest BCUT2D eigenvalue weighted by Gasteiger charge is -2.08. The summed E-state index contributed by atoms with van der Waals surface area (Å²) in [5.74, 6) is -0.429. The zero-order valence-corrected chi connectivity index (χ0v) is 18.4. The number of aryl methyl sites for hydroxylation is 2. The van der Waals surface area contributed by atoms with Gasteiger partial charge in [0.2, 0.25) is 0 Å². The number of nitrogens with zero attached hydrogens (tertiary/aromatic N) is 3. The van der Waals surface area contributed by atoms with Gasteiger partial charge in [-0.2, -0.15) is 10.2 Å². The number of aromatic nitrogens is 2. The molecule has 8 heteroatoms. The van der Waals surface area contributed by atoms with Gasteiger partial charge in [0.05, 0.1) is 27.6 Å². The van der Waals surface area contributed by atoms with Crippen molar-refractivity contribution in [1.82, 2.24) is 15.2 Å². The monoisotopic (exact) mass is 468 g/mol. The molecule has 0 atom stereocenters. The van der Waals surface area contributed by atoms with E-state index in [4.69, 9.17) is 4.74 Å². The molecular weight excluding hydrogens is 448 g/mol. The molecule has 0 radical (unpaired) electrons. The van der Waals surface area contributed by atoms with Crippen LogP contribution in [0.15, 0.2) is 58.1 Å². The van der Waals surface area contributed by atoms with Crippen molar-refractivity contribution in [2.45, 2.75) is 27.3 Å². The molecule has 0 spiro atoms. The molecule has 2 aromatic carbocycles. The summed E-state index contributed by atoms with van der Waals surface area (Å²) in [6, 6.07) is 14.1.